The molecule has 1 aromatic heterocycles. The van der Waals surface area contributed by atoms with Crippen LogP contribution in [0, 0.1) is 6.92 Å². The van der Waals surface area contributed by atoms with Gasteiger partial charge in [0.15, 0.2) is 11.6 Å². The molecule has 0 amide bonds. The Labute approximate surface area is 163 Å². The number of aliphatic hydroxyl groups is 1. The Morgan fingerprint density at radius 1 is 1.11 bits per heavy atom. The van der Waals surface area contributed by atoms with Crippen LogP contribution >= 0.6 is 0 Å². The van der Waals surface area contributed by atoms with Gasteiger partial charge in [-0.05, 0) is 39.0 Å². The third-order valence-electron chi connectivity index (χ3n) is 4.98. The van der Waals surface area contributed by atoms with E-state index in [1.165, 1.54) is 0 Å². The Morgan fingerprint density at radius 3 is 2.54 bits per heavy atom. The molecule has 1 aliphatic rings. The predicted octanol–water partition coefficient (Wildman–Crippen LogP) is 3.90. The highest BCUT2D eigenvalue weighted by atomic mass is 16.5. The lowest BCUT2D eigenvalue weighted by molar-refractivity contribution is -0.0533. The zero-order chi connectivity index (χ0) is 19.9. The summed E-state index contributed by atoms with van der Waals surface area (Å²) >= 11 is 0. The highest BCUT2D eigenvalue weighted by Gasteiger charge is 2.43. The van der Waals surface area contributed by atoms with Gasteiger partial charge in [-0.25, -0.2) is 0 Å². The van der Waals surface area contributed by atoms with E-state index in [2.05, 4.69) is 10.5 Å². The molecule has 1 aliphatic heterocycles. The van der Waals surface area contributed by atoms with Gasteiger partial charge in [-0.2, -0.15) is 0 Å². The van der Waals surface area contributed by atoms with E-state index in [0.717, 1.165) is 0 Å². The molecule has 6 nitrogen and oxygen atoms in total. The topological polar surface area (TPSA) is 84.6 Å². The maximum absolute atomic E-state index is 12.9. The fourth-order valence-corrected chi connectivity index (χ4v) is 3.45. The quantitative estimate of drug-likeness (QED) is 0.670. The summed E-state index contributed by atoms with van der Waals surface area (Å²) in [4.78, 5) is 12.9. The van der Waals surface area contributed by atoms with Crippen molar-refractivity contribution in [2.24, 2.45) is 0 Å². The van der Waals surface area contributed by atoms with Gasteiger partial charge in [0.25, 0.3) is 0 Å². The van der Waals surface area contributed by atoms with Crippen molar-refractivity contribution in [2.45, 2.75) is 38.5 Å². The summed E-state index contributed by atoms with van der Waals surface area (Å²) in [5.74, 6) is 1.72. The van der Waals surface area contributed by atoms with Crippen LogP contribution in [0.15, 0.2) is 59.1 Å². The number of anilines is 1. The van der Waals surface area contributed by atoms with Crippen molar-refractivity contribution >= 4 is 11.6 Å². The SMILES string of the molecule is Cc1cc(N[C@@H]2c3cc(C(=O)c4ccccc4)ccc3OC(C)(C)[C@H]2O)no1. The largest absolute Gasteiger partial charge is 0.485 e. The molecule has 0 saturated heterocycles. The van der Waals surface area contributed by atoms with Gasteiger partial charge in [0, 0.05) is 22.8 Å². The lowest BCUT2D eigenvalue weighted by Crippen LogP contribution is -2.50. The van der Waals surface area contributed by atoms with Crippen LogP contribution in [0.4, 0.5) is 5.82 Å². The summed E-state index contributed by atoms with van der Waals surface area (Å²) in [6.45, 7) is 5.45. The average molecular weight is 378 g/mol. The van der Waals surface area contributed by atoms with E-state index in [-0.39, 0.29) is 5.78 Å². The molecular weight excluding hydrogens is 356 g/mol. The first-order valence-electron chi connectivity index (χ1n) is 9.16. The first-order chi connectivity index (χ1) is 13.3. The number of hydrogen-bond donors (Lipinski definition) is 2. The van der Waals surface area contributed by atoms with E-state index >= 15 is 0 Å². The molecule has 3 aromatic rings. The number of carbonyl (C=O) groups is 1. The Balaban J connectivity index is 1.74. The monoisotopic (exact) mass is 378 g/mol. The Morgan fingerprint density at radius 2 is 1.86 bits per heavy atom. The lowest BCUT2D eigenvalue weighted by Gasteiger charge is -2.42. The number of ketones is 1. The van der Waals surface area contributed by atoms with E-state index in [4.69, 9.17) is 9.26 Å². The molecule has 0 fully saturated rings. The molecule has 0 unspecified atom stereocenters. The number of hydrogen-bond acceptors (Lipinski definition) is 6. The second-order valence-electron chi connectivity index (χ2n) is 7.54. The normalized spacial score (nSPS) is 20.1. The van der Waals surface area contributed by atoms with Crippen LogP contribution in [0.1, 0.15) is 47.1 Å². The van der Waals surface area contributed by atoms with Crippen LogP contribution in [-0.2, 0) is 0 Å². The summed E-state index contributed by atoms with van der Waals surface area (Å²) in [7, 11) is 0. The molecule has 2 N–H and O–H groups in total. The number of rotatable bonds is 4. The van der Waals surface area contributed by atoms with Gasteiger partial charge in [0.1, 0.15) is 23.2 Å². The number of ether oxygens (including phenoxy) is 1. The summed E-state index contributed by atoms with van der Waals surface area (Å²) in [6.07, 6.45) is -0.862. The van der Waals surface area contributed by atoms with Crippen LogP contribution < -0.4 is 10.1 Å². The van der Waals surface area contributed by atoms with Gasteiger partial charge in [-0.3, -0.25) is 4.79 Å². The summed E-state index contributed by atoms with van der Waals surface area (Å²) < 4.78 is 11.1. The fraction of sp³-hybridized carbons (Fsp3) is 0.273. The number of aliphatic hydroxyl groups excluding tert-OH is 1. The maximum Gasteiger partial charge on any atom is 0.193 e. The molecule has 28 heavy (non-hydrogen) atoms. The van der Waals surface area contributed by atoms with Crippen molar-refractivity contribution in [1.82, 2.24) is 5.16 Å². The third-order valence-corrected chi connectivity index (χ3v) is 4.98. The van der Waals surface area contributed by atoms with Gasteiger partial charge < -0.3 is 19.7 Å². The maximum atomic E-state index is 12.9. The standard InChI is InChI=1S/C22H22N2O4/c1-13-11-18(24-28-13)23-19-16-12-15(20(25)14-7-5-4-6-8-14)9-10-17(16)27-22(2,3)21(19)26/h4-12,19,21,26H,1-3H3,(H,23,24)/t19-,21+/m1/s1. The second kappa shape index (κ2) is 6.80. The molecule has 0 bridgehead atoms. The average Bonchev–Trinajstić information content (AvgIpc) is 3.10. The van der Waals surface area contributed by atoms with Crippen LogP contribution in [0.3, 0.4) is 0 Å². The van der Waals surface area contributed by atoms with E-state index < -0.39 is 17.7 Å². The van der Waals surface area contributed by atoms with Crippen molar-refractivity contribution in [2.75, 3.05) is 5.32 Å². The first-order valence-corrected chi connectivity index (χ1v) is 9.16. The van der Waals surface area contributed by atoms with Crippen LogP contribution in [0.5, 0.6) is 5.75 Å². The number of benzene rings is 2. The molecular formula is C22H22N2O4. The highest BCUT2D eigenvalue weighted by molar-refractivity contribution is 6.09. The molecule has 2 heterocycles. The minimum atomic E-state index is -0.862. The smallest absolute Gasteiger partial charge is 0.193 e. The van der Waals surface area contributed by atoms with Crippen molar-refractivity contribution in [1.29, 1.82) is 0 Å². The van der Waals surface area contributed by atoms with Crippen molar-refractivity contribution in [3.8, 4) is 5.75 Å². The van der Waals surface area contributed by atoms with Crippen molar-refractivity contribution < 1.29 is 19.2 Å². The molecule has 0 spiro atoms. The summed E-state index contributed by atoms with van der Waals surface area (Å²) in [6, 6.07) is 15.6. The van der Waals surface area contributed by atoms with Crippen molar-refractivity contribution in [3.63, 3.8) is 0 Å². The first kappa shape index (κ1) is 18.3. The number of aromatic nitrogens is 1. The van der Waals surface area contributed by atoms with E-state index in [1.54, 1.807) is 43.3 Å². The van der Waals surface area contributed by atoms with Gasteiger partial charge in [-0.1, -0.05) is 35.5 Å². The number of carbonyl (C=O) groups excluding carboxylic acids is 1. The van der Waals surface area contributed by atoms with Gasteiger partial charge in [0.2, 0.25) is 0 Å². The minimum absolute atomic E-state index is 0.0845. The molecule has 0 saturated carbocycles. The Kier molecular flexibility index (Phi) is 4.43. The number of nitrogens with one attached hydrogen (secondary N) is 1. The molecule has 0 radical (unpaired) electrons. The zero-order valence-electron chi connectivity index (χ0n) is 16.0. The molecule has 144 valence electrons. The van der Waals surface area contributed by atoms with Crippen LogP contribution in [-0.4, -0.2) is 27.8 Å². The molecule has 4 rings (SSSR count). The minimum Gasteiger partial charge on any atom is -0.485 e. The van der Waals surface area contributed by atoms with E-state index in [1.807, 2.05) is 32.0 Å². The molecule has 2 aromatic carbocycles. The predicted molar refractivity (Wildman–Crippen MR) is 105 cm³/mol. The van der Waals surface area contributed by atoms with Crippen molar-refractivity contribution in [3.05, 3.63) is 77.0 Å². The van der Waals surface area contributed by atoms with Gasteiger partial charge in [0.05, 0.1) is 6.04 Å². The van der Waals surface area contributed by atoms with E-state index in [9.17, 15) is 9.90 Å². The molecule has 6 heteroatoms. The molecule has 2 atom stereocenters. The van der Waals surface area contributed by atoms with Gasteiger partial charge >= 0.3 is 0 Å². The Bertz CT molecular complexity index is 1010. The second-order valence-corrected chi connectivity index (χ2v) is 7.54. The third kappa shape index (κ3) is 3.27. The van der Waals surface area contributed by atoms with Crippen LogP contribution in [0.2, 0.25) is 0 Å². The zero-order valence-corrected chi connectivity index (χ0v) is 16.0. The number of nitrogens with zero attached hydrogens (tertiary/aromatic N) is 1. The number of fused-ring (bicyclic) bond motifs is 1. The fourth-order valence-electron chi connectivity index (χ4n) is 3.45. The van der Waals surface area contributed by atoms with E-state index in [0.29, 0.717) is 34.0 Å². The summed E-state index contributed by atoms with van der Waals surface area (Å²) in [5.41, 5.74) is 1.03. The molecule has 0 aliphatic carbocycles. The number of aryl methyl sites for hydroxylation is 1. The van der Waals surface area contributed by atoms with Gasteiger partial charge in [-0.15, -0.1) is 0 Å². The Hall–Kier alpha value is -3.12. The van der Waals surface area contributed by atoms with Crippen LogP contribution in [0.25, 0.3) is 0 Å². The lowest BCUT2D eigenvalue weighted by atomic mass is 9.85. The summed E-state index contributed by atoms with van der Waals surface area (Å²) in [5, 5.41) is 18.1. The highest BCUT2D eigenvalue weighted by Crippen LogP contribution is 2.42.